The van der Waals surface area contributed by atoms with Crippen molar-refractivity contribution in [3.05, 3.63) is 81.6 Å². The number of benzene rings is 2. The molecule has 0 bridgehead atoms. The summed E-state index contributed by atoms with van der Waals surface area (Å²) < 4.78 is 7.83. The second kappa shape index (κ2) is 9.28. The monoisotopic (exact) mass is 449 g/mol. The fourth-order valence-electron chi connectivity index (χ4n) is 4.60. The summed E-state index contributed by atoms with van der Waals surface area (Å²) in [5.41, 5.74) is 2.63. The number of nitrogens with zero attached hydrogens (tertiary/aromatic N) is 1. The Labute approximate surface area is 191 Å². The number of anilines is 1. The third kappa shape index (κ3) is 4.35. The standard InChI is InChI=1S/C25H27N3O3S/c29-21-16-32-23(18-11-13-20(14-12-18)31-15-17-7-3-1-4-8-17)22-24(26-21)28(27-25(22)30)19-9-5-2-6-10-19/h1,3-4,7-8,11-14,19,23H,2,5-6,9-10,15-16H2,(H,26,29)(H,27,30). The minimum atomic E-state index is -0.208. The second-order valence-electron chi connectivity index (χ2n) is 8.45. The number of carbonyl (C=O) groups is 1. The smallest absolute Gasteiger partial charge is 0.270 e. The first kappa shape index (κ1) is 20.9. The predicted octanol–water partition coefficient (Wildman–Crippen LogP) is 5.04. The van der Waals surface area contributed by atoms with E-state index in [-0.39, 0.29) is 22.8 Å². The molecule has 0 saturated heterocycles. The Morgan fingerprint density at radius 3 is 2.47 bits per heavy atom. The Bertz CT molecular complexity index is 1130. The van der Waals surface area contributed by atoms with E-state index >= 15 is 0 Å². The molecule has 2 aromatic carbocycles. The zero-order chi connectivity index (χ0) is 21.9. The summed E-state index contributed by atoms with van der Waals surface area (Å²) in [6.45, 7) is 0.505. The van der Waals surface area contributed by atoms with Crippen LogP contribution in [-0.4, -0.2) is 21.4 Å². The number of rotatable bonds is 5. The van der Waals surface area contributed by atoms with E-state index < -0.39 is 0 Å². The van der Waals surface area contributed by atoms with Crippen molar-refractivity contribution in [2.45, 2.75) is 50.0 Å². The number of hydrogen-bond donors (Lipinski definition) is 2. The van der Waals surface area contributed by atoms with Gasteiger partial charge < -0.3 is 10.1 Å². The van der Waals surface area contributed by atoms with Gasteiger partial charge in [-0.15, -0.1) is 11.8 Å². The van der Waals surface area contributed by atoms with Crippen molar-refractivity contribution >= 4 is 23.5 Å². The van der Waals surface area contributed by atoms with Gasteiger partial charge in [-0.2, -0.15) is 0 Å². The van der Waals surface area contributed by atoms with Crippen LogP contribution in [-0.2, 0) is 11.4 Å². The Hall–Kier alpha value is -2.93. The topological polar surface area (TPSA) is 76.1 Å². The van der Waals surface area contributed by atoms with Gasteiger partial charge in [-0.1, -0.05) is 61.7 Å². The van der Waals surface area contributed by atoms with Crippen LogP contribution in [0.1, 0.15) is 60.1 Å². The molecule has 1 saturated carbocycles. The van der Waals surface area contributed by atoms with Crippen LogP contribution in [0.25, 0.3) is 0 Å². The van der Waals surface area contributed by atoms with E-state index in [4.69, 9.17) is 4.74 Å². The van der Waals surface area contributed by atoms with Gasteiger partial charge in [0, 0.05) is 0 Å². The fraction of sp³-hybridized carbons (Fsp3) is 0.360. The molecular formula is C25H27N3O3S. The van der Waals surface area contributed by atoms with Crippen LogP contribution in [0.3, 0.4) is 0 Å². The summed E-state index contributed by atoms with van der Waals surface area (Å²) >= 11 is 1.49. The molecule has 1 aromatic heterocycles. The molecule has 0 radical (unpaired) electrons. The van der Waals surface area contributed by atoms with Crippen LogP contribution >= 0.6 is 11.8 Å². The number of aromatic amines is 1. The molecule has 2 heterocycles. The molecule has 2 N–H and O–H groups in total. The Morgan fingerprint density at radius 2 is 1.72 bits per heavy atom. The number of amides is 1. The van der Waals surface area contributed by atoms with E-state index in [9.17, 15) is 9.59 Å². The van der Waals surface area contributed by atoms with Crippen molar-refractivity contribution in [3.63, 3.8) is 0 Å². The number of fused-ring (bicyclic) bond motifs is 1. The molecule has 0 spiro atoms. The van der Waals surface area contributed by atoms with Crippen LogP contribution in [0.4, 0.5) is 5.82 Å². The van der Waals surface area contributed by atoms with Crippen molar-refractivity contribution in [2.24, 2.45) is 0 Å². The third-order valence-corrected chi connectivity index (χ3v) is 7.50. The van der Waals surface area contributed by atoms with Gasteiger partial charge in [0.2, 0.25) is 5.91 Å². The maximum absolute atomic E-state index is 13.0. The minimum Gasteiger partial charge on any atom is -0.489 e. The maximum atomic E-state index is 13.0. The van der Waals surface area contributed by atoms with Gasteiger partial charge in [0.1, 0.15) is 18.2 Å². The predicted molar refractivity (Wildman–Crippen MR) is 127 cm³/mol. The lowest BCUT2D eigenvalue weighted by atomic mass is 9.95. The lowest BCUT2D eigenvalue weighted by molar-refractivity contribution is -0.113. The van der Waals surface area contributed by atoms with Gasteiger partial charge in [0.05, 0.1) is 22.6 Å². The highest BCUT2D eigenvalue weighted by Gasteiger charge is 2.32. The molecule has 2 aliphatic rings. The first-order chi connectivity index (χ1) is 15.7. The highest BCUT2D eigenvalue weighted by atomic mass is 32.2. The number of carbonyl (C=O) groups excluding carboxylic acids is 1. The van der Waals surface area contributed by atoms with Crippen molar-refractivity contribution in [1.82, 2.24) is 9.78 Å². The molecule has 166 valence electrons. The van der Waals surface area contributed by atoms with E-state index in [1.54, 1.807) is 0 Å². The number of nitrogens with one attached hydrogen (secondary N) is 2. The maximum Gasteiger partial charge on any atom is 0.270 e. The number of H-pyrrole nitrogens is 1. The van der Waals surface area contributed by atoms with Crippen LogP contribution in [0, 0.1) is 0 Å². The van der Waals surface area contributed by atoms with Crippen LogP contribution in [0.2, 0.25) is 0 Å². The van der Waals surface area contributed by atoms with Crippen LogP contribution < -0.4 is 15.6 Å². The molecule has 1 atom stereocenters. The first-order valence-corrected chi connectivity index (χ1v) is 12.3. The normalized spacial score (nSPS) is 19.1. The summed E-state index contributed by atoms with van der Waals surface area (Å²) in [6, 6.07) is 18.1. The van der Waals surface area contributed by atoms with Gasteiger partial charge in [0.25, 0.3) is 5.56 Å². The largest absolute Gasteiger partial charge is 0.489 e. The number of ether oxygens (including phenoxy) is 1. The quantitative estimate of drug-likeness (QED) is 0.572. The van der Waals surface area contributed by atoms with Gasteiger partial charge in [-0.3, -0.25) is 19.4 Å². The van der Waals surface area contributed by atoms with E-state index in [0.717, 1.165) is 42.6 Å². The summed E-state index contributed by atoms with van der Waals surface area (Å²) in [6.07, 6.45) is 5.58. The Balaban J connectivity index is 1.41. The third-order valence-electron chi connectivity index (χ3n) is 6.23. The molecule has 5 rings (SSSR count). The molecule has 1 amide bonds. The van der Waals surface area contributed by atoms with Crippen LogP contribution in [0.15, 0.2) is 59.4 Å². The van der Waals surface area contributed by atoms with Crippen molar-refractivity contribution < 1.29 is 9.53 Å². The fourth-order valence-corrected chi connectivity index (χ4v) is 5.73. The minimum absolute atomic E-state index is 0.0647. The Kier molecular flexibility index (Phi) is 6.08. The van der Waals surface area contributed by atoms with Gasteiger partial charge in [-0.25, -0.2) is 0 Å². The average Bonchev–Trinajstić information content (AvgIpc) is 3.04. The van der Waals surface area contributed by atoms with Crippen molar-refractivity contribution in [3.8, 4) is 5.75 Å². The van der Waals surface area contributed by atoms with Crippen LogP contribution in [0.5, 0.6) is 5.75 Å². The van der Waals surface area contributed by atoms with E-state index in [1.807, 2.05) is 59.3 Å². The molecule has 1 unspecified atom stereocenters. The lowest BCUT2D eigenvalue weighted by Gasteiger charge is -2.24. The van der Waals surface area contributed by atoms with E-state index in [1.165, 1.54) is 18.2 Å². The molecular weight excluding hydrogens is 422 g/mol. The van der Waals surface area contributed by atoms with E-state index in [0.29, 0.717) is 23.7 Å². The average molecular weight is 450 g/mol. The molecule has 32 heavy (non-hydrogen) atoms. The SMILES string of the molecule is O=C1CSC(c2ccc(OCc3ccccc3)cc2)c2c(n(C3CCCCC3)[nH]c2=O)N1. The summed E-state index contributed by atoms with van der Waals surface area (Å²) in [7, 11) is 0. The summed E-state index contributed by atoms with van der Waals surface area (Å²) in [5.74, 6) is 1.67. The van der Waals surface area contributed by atoms with Crippen molar-refractivity contribution in [2.75, 3.05) is 11.1 Å². The van der Waals surface area contributed by atoms with Crippen molar-refractivity contribution in [1.29, 1.82) is 0 Å². The number of thioether (sulfide) groups is 1. The molecule has 1 aliphatic carbocycles. The second-order valence-corrected chi connectivity index (χ2v) is 9.54. The highest BCUT2D eigenvalue weighted by molar-refractivity contribution is 8.00. The lowest BCUT2D eigenvalue weighted by Crippen LogP contribution is -2.21. The molecule has 1 aliphatic heterocycles. The molecule has 6 nitrogen and oxygen atoms in total. The number of aromatic nitrogens is 2. The molecule has 7 heteroatoms. The van der Waals surface area contributed by atoms with Gasteiger partial charge >= 0.3 is 0 Å². The zero-order valence-corrected chi connectivity index (χ0v) is 18.7. The zero-order valence-electron chi connectivity index (χ0n) is 17.9. The van der Waals surface area contributed by atoms with E-state index in [2.05, 4.69) is 10.4 Å². The first-order valence-electron chi connectivity index (χ1n) is 11.2. The van der Waals surface area contributed by atoms with Gasteiger partial charge in [-0.05, 0) is 36.1 Å². The summed E-state index contributed by atoms with van der Waals surface area (Å²) in [4.78, 5) is 25.5. The Morgan fingerprint density at radius 1 is 0.969 bits per heavy atom. The van der Waals surface area contributed by atoms with Gasteiger partial charge in [0.15, 0.2) is 0 Å². The molecule has 1 fully saturated rings. The number of hydrogen-bond acceptors (Lipinski definition) is 4. The summed E-state index contributed by atoms with van der Waals surface area (Å²) in [5, 5.41) is 5.83. The molecule has 3 aromatic rings. The highest BCUT2D eigenvalue weighted by Crippen LogP contribution is 2.42.